The number of carbonyl (C=O) groups excluding carboxylic acids is 1. The predicted octanol–water partition coefficient (Wildman–Crippen LogP) is 0.685. The maximum absolute atomic E-state index is 11.9. The molecule has 2 N–H and O–H groups in total. The Morgan fingerprint density at radius 3 is 2.55 bits per heavy atom. The summed E-state index contributed by atoms with van der Waals surface area (Å²) in [4.78, 5) is 22.3. The molecule has 0 spiro atoms. The van der Waals surface area contributed by atoms with Crippen LogP contribution in [0.25, 0.3) is 0 Å². The number of hydrogen-bond acceptors (Lipinski definition) is 5. The van der Waals surface area contributed by atoms with E-state index in [1.165, 1.54) is 11.6 Å². The summed E-state index contributed by atoms with van der Waals surface area (Å²) in [7, 11) is 0. The van der Waals surface area contributed by atoms with E-state index < -0.39 is 10.5 Å². The van der Waals surface area contributed by atoms with Gasteiger partial charge in [-0.2, -0.15) is 5.10 Å². The van der Waals surface area contributed by atoms with E-state index in [-0.39, 0.29) is 30.4 Å². The van der Waals surface area contributed by atoms with E-state index in [1.807, 2.05) is 6.92 Å². The molecule has 0 aliphatic carbocycles. The van der Waals surface area contributed by atoms with Crippen molar-refractivity contribution in [1.82, 2.24) is 15.1 Å². The summed E-state index contributed by atoms with van der Waals surface area (Å²) in [6, 6.07) is 0. The first-order valence-electron chi connectivity index (χ1n) is 6.34. The second-order valence-corrected chi connectivity index (χ2v) is 5.05. The van der Waals surface area contributed by atoms with Crippen LogP contribution in [0, 0.1) is 24.0 Å². The van der Waals surface area contributed by atoms with E-state index in [2.05, 4.69) is 10.4 Å². The summed E-state index contributed by atoms with van der Waals surface area (Å²) in [6.45, 7) is 6.38. The van der Waals surface area contributed by atoms with Gasteiger partial charge in [-0.3, -0.25) is 19.6 Å². The first-order chi connectivity index (χ1) is 9.24. The Labute approximate surface area is 116 Å². The number of nitrogens with one attached hydrogen (secondary N) is 1. The Morgan fingerprint density at radius 1 is 1.55 bits per heavy atom. The lowest BCUT2D eigenvalue weighted by atomic mass is 10.0. The van der Waals surface area contributed by atoms with Crippen molar-refractivity contribution < 1.29 is 14.8 Å². The largest absolute Gasteiger partial charge is 0.394 e. The highest BCUT2D eigenvalue weighted by Crippen LogP contribution is 2.21. The molecule has 0 saturated heterocycles. The van der Waals surface area contributed by atoms with Gasteiger partial charge < -0.3 is 10.4 Å². The van der Waals surface area contributed by atoms with Crippen molar-refractivity contribution in [3.8, 4) is 0 Å². The molecule has 0 radical (unpaired) electrons. The minimum atomic E-state index is -0.695. The molecule has 1 unspecified atom stereocenters. The molecule has 0 saturated carbocycles. The zero-order valence-corrected chi connectivity index (χ0v) is 12.1. The van der Waals surface area contributed by atoms with Gasteiger partial charge >= 0.3 is 5.69 Å². The van der Waals surface area contributed by atoms with Crippen molar-refractivity contribution in [3.05, 3.63) is 21.5 Å². The average Bonchev–Trinajstić information content (AvgIpc) is 2.63. The third-order valence-corrected chi connectivity index (χ3v) is 3.39. The third-order valence-electron chi connectivity index (χ3n) is 3.39. The molecule has 1 amide bonds. The first kappa shape index (κ1) is 16.1. The number of aliphatic hydroxyl groups excluding tert-OH is 1. The van der Waals surface area contributed by atoms with Gasteiger partial charge in [0.1, 0.15) is 17.9 Å². The maximum Gasteiger partial charge on any atom is 0.312 e. The fourth-order valence-electron chi connectivity index (χ4n) is 1.86. The van der Waals surface area contributed by atoms with E-state index in [0.717, 1.165) is 0 Å². The summed E-state index contributed by atoms with van der Waals surface area (Å²) in [5.74, 6) is -0.344. The normalized spacial score (nSPS) is 13.8. The van der Waals surface area contributed by atoms with Gasteiger partial charge in [0.15, 0.2) is 0 Å². The van der Waals surface area contributed by atoms with Gasteiger partial charge in [-0.15, -0.1) is 0 Å². The van der Waals surface area contributed by atoms with Gasteiger partial charge in [0.05, 0.1) is 17.1 Å². The molecule has 112 valence electrons. The Kier molecular flexibility index (Phi) is 4.83. The molecule has 1 aromatic heterocycles. The summed E-state index contributed by atoms with van der Waals surface area (Å²) in [5, 5.41) is 26.8. The Bertz CT molecular complexity index is 520. The molecule has 0 aliphatic rings. The van der Waals surface area contributed by atoms with Crippen molar-refractivity contribution in [2.24, 2.45) is 0 Å². The van der Waals surface area contributed by atoms with E-state index in [9.17, 15) is 20.0 Å². The average molecular weight is 284 g/mol. The number of nitrogens with zero attached hydrogens (tertiary/aromatic N) is 3. The fraction of sp³-hybridized carbons (Fsp3) is 0.667. The molecule has 8 nitrogen and oxygen atoms in total. The van der Waals surface area contributed by atoms with Gasteiger partial charge in [0.25, 0.3) is 0 Å². The van der Waals surface area contributed by atoms with E-state index >= 15 is 0 Å². The highest BCUT2D eigenvalue weighted by atomic mass is 16.6. The number of carbonyl (C=O) groups is 1. The van der Waals surface area contributed by atoms with Gasteiger partial charge in [0, 0.05) is 0 Å². The van der Waals surface area contributed by atoms with Crippen molar-refractivity contribution in [2.45, 2.75) is 46.2 Å². The van der Waals surface area contributed by atoms with Crippen LogP contribution >= 0.6 is 0 Å². The fourth-order valence-corrected chi connectivity index (χ4v) is 1.86. The lowest BCUT2D eigenvalue weighted by Crippen LogP contribution is -2.49. The molecule has 0 fully saturated rings. The SMILES string of the molecule is CCC(C)(CO)NC(=O)Cn1nc(C)c([N+](=O)[O-])c1C. The van der Waals surface area contributed by atoms with Crippen LogP contribution in [-0.2, 0) is 11.3 Å². The molecule has 20 heavy (non-hydrogen) atoms. The molecule has 0 aromatic carbocycles. The Morgan fingerprint density at radius 2 is 2.15 bits per heavy atom. The Balaban J connectivity index is 2.87. The molecular formula is C12H20N4O4. The molecule has 1 atom stereocenters. The number of nitro groups is 1. The smallest absolute Gasteiger partial charge is 0.312 e. The van der Waals surface area contributed by atoms with Crippen molar-refractivity contribution >= 4 is 11.6 Å². The quantitative estimate of drug-likeness (QED) is 0.589. The first-order valence-corrected chi connectivity index (χ1v) is 6.34. The van der Waals surface area contributed by atoms with Gasteiger partial charge in [-0.05, 0) is 27.2 Å². The van der Waals surface area contributed by atoms with Gasteiger partial charge in [-0.1, -0.05) is 6.92 Å². The maximum atomic E-state index is 11.9. The second kappa shape index (κ2) is 6.00. The van der Waals surface area contributed by atoms with Crippen LogP contribution in [0.5, 0.6) is 0 Å². The van der Waals surface area contributed by atoms with Crippen LogP contribution in [0.15, 0.2) is 0 Å². The van der Waals surface area contributed by atoms with Crippen LogP contribution in [0.3, 0.4) is 0 Å². The predicted molar refractivity (Wildman–Crippen MR) is 72.3 cm³/mol. The third kappa shape index (κ3) is 3.32. The molecule has 0 bridgehead atoms. The van der Waals surface area contributed by atoms with Crippen LogP contribution < -0.4 is 5.32 Å². The molecule has 1 rings (SSSR count). The number of amides is 1. The number of rotatable bonds is 6. The molecule has 1 heterocycles. The standard InChI is InChI=1S/C12H20N4O4/c1-5-12(4,7-17)13-10(18)6-15-9(3)11(16(19)20)8(2)14-15/h17H,5-7H2,1-4H3,(H,13,18). The zero-order valence-electron chi connectivity index (χ0n) is 12.1. The van der Waals surface area contributed by atoms with Crippen LogP contribution in [0.2, 0.25) is 0 Å². The molecular weight excluding hydrogens is 264 g/mol. The van der Waals surface area contributed by atoms with Gasteiger partial charge in [0.2, 0.25) is 5.91 Å². The molecule has 1 aromatic rings. The summed E-state index contributed by atoms with van der Waals surface area (Å²) in [6.07, 6.45) is 0.576. The van der Waals surface area contributed by atoms with Crippen LogP contribution in [-0.4, -0.2) is 37.9 Å². The number of aliphatic hydroxyl groups is 1. The summed E-state index contributed by atoms with van der Waals surface area (Å²) in [5.41, 5.74) is -0.150. The Hall–Kier alpha value is -1.96. The van der Waals surface area contributed by atoms with Crippen LogP contribution in [0.4, 0.5) is 5.69 Å². The topological polar surface area (TPSA) is 110 Å². The lowest BCUT2D eigenvalue weighted by molar-refractivity contribution is -0.386. The monoisotopic (exact) mass is 284 g/mol. The summed E-state index contributed by atoms with van der Waals surface area (Å²) >= 11 is 0. The van der Waals surface area contributed by atoms with E-state index in [1.54, 1.807) is 13.8 Å². The molecule has 8 heteroatoms. The number of hydrogen-bond donors (Lipinski definition) is 2. The lowest BCUT2D eigenvalue weighted by Gasteiger charge is -2.27. The van der Waals surface area contributed by atoms with E-state index in [0.29, 0.717) is 12.1 Å². The molecule has 0 aliphatic heterocycles. The summed E-state index contributed by atoms with van der Waals surface area (Å²) < 4.78 is 1.30. The minimum Gasteiger partial charge on any atom is -0.394 e. The van der Waals surface area contributed by atoms with Crippen molar-refractivity contribution in [3.63, 3.8) is 0 Å². The highest BCUT2D eigenvalue weighted by molar-refractivity contribution is 5.76. The minimum absolute atomic E-state index is 0.0711. The van der Waals surface area contributed by atoms with Crippen molar-refractivity contribution in [2.75, 3.05) is 6.61 Å². The van der Waals surface area contributed by atoms with Crippen LogP contribution in [0.1, 0.15) is 31.7 Å². The zero-order chi connectivity index (χ0) is 15.5. The second-order valence-electron chi connectivity index (χ2n) is 5.05. The highest BCUT2D eigenvalue weighted by Gasteiger charge is 2.26. The number of aromatic nitrogens is 2. The van der Waals surface area contributed by atoms with Crippen molar-refractivity contribution in [1.29, 1.82) is 0 Å². The van der Waals surface area contributed by atoms with E-state index in [4.69, 9.17) is 0 Å². The number of aryl methyl sites for hydroxylation is 1. The van der Waals surface area contributed by atoms with Gasteiger partial charge in [-0.25, -0.2) is 0 Å².